The second-order valence-corrected chi connectivity index (χ2v) is 36.2. The first-order valence-electron chi connectivity index (χ1n) is 35.9. The SMILES string of the molecule is CC(C)(C)c1cc(C2=CNN(c3ccc(C(c4ccc(N5NC=C(c6cc(C(C)(C)C)cc(C(C)(C)C)c6)O5)cc4)(c4ccc(N5NC=C(c6cc(C(C)(C)C)cc(C(C)(C)C)c6)O5)cc4)c4ccc(N5NC=C(c6cc(C(C)(C)C)cc(C(C)(C)C)c6)O5)cc4)cc3)O2)cc(C(C)(C)C)c1. The zero-order valence-electron chi connectivity index (χ0n) is 64.4. The predicted molar refractivity (Wildman–Crippen MR) is 419 cm³/mol. The van der Waals surface area contributed by atoms with Crippen molar-refractivity contribution in [1.82, 2.24) is 21.7 Å². The van der Waals surface area contributed by atoms with Crippen molar-refractivity contribution in [2.45, 2.75) is 215 Å². The van der Waals surface area contributed by atoms with Crippen molar-refractivity contribution in [3.05, 3.63) is 284 Å². The Morgan fingerprint density at radius 3 is 0.485 bits per heavy atom. The van der Waals surface area contributed by atoms with Crippen LogP contribution in [0, 0.1) is 0 Å². The smallest absolute Gasteiger partial charge is 0.182 e. The van der Waals surface area contributed by atoms with Crippen LogP contribution in [-0.2, 0) is 68.1 Å². The van der Waals surface area contributed by atoms with Crippen LogP contribution in [0.4, 0.5) is 22.7 Å². The van der Waals surface area contributed by atoms with E-state index in [1.807, 2.05) is 24.8 Å². The third-order valence-corrected chi connectivity index (χ3v) is 19.9. The van der Waals surface area contributed by atoms with E-state index in [9.17, 15) is 0 Å². The first-order chi connectivity index (χ1) is 47.0. The normalized spacial score (nSPS) is 15.5. The van der Waals surface area contributed by atoms with Gasteiger partial charge in [0.1, 0.15) is 0 Å². The standard InChI is InChI=1S/C89H108N8O4/c1-81(2,3)65-41-57(42-66(49-65)82(4,5)6)77-53-90-94(98-77)73-33-25-61(26-34-73)89(62-27-35-74(36-28-62)95-91-54-78(99-95)58-43-67(83(7,8)9)50-68(44-58)84(10,11)12,63-29-37-75(38-30-63)96-92-55-79(100-96)59-45-69(85(13,14)15)51-70(46-59)86(16,17)18)64-31-39-76(40-32-64)97-93-56-80(101-97)60-47-71(87(19,20)21)52-72(48-60)88(22,23)24/h25-56,90-93H,1-24H3. The fourth-order valence-electron chi connectivity index (χ4n) is 13.1. The fourth-order valence-corrected chi connectivity index (χ4v) is 13.1. The lowest BCUT2D eigenvalue weighted by atomic mass is 9.65. The van der Waals surface area contributed by atoms with Gasteiger partial charge in [-0.25, -0.2) is 0 Å². The molecule has 12 heteroatoms. The minimum atomic E-state index is -0.952. The molecule has 0 atom stereocenters. The molecule has 4 N–H and O–H groups in total. The number of benzene rings is 8. The maximum atomic E-state index is 6.77. The maximum absolute atomic E-state index is 6.77. The van der Waals surface area contributed by atoms with Crippen LogP contribution in [0.2, 0.25) is 0 Å². The molecular weight excluding hydrogens is 1250 g/mol. The molecule has 0 bridgehead atoms. The molecule has 4 aliphatic heterocycles. The van der Waals surface area contributed by atoms with Crippen molar-refractivity contribution in [2.24, 2.45) is 0 Å². The number of nitrogens with zero attached hydrogens (tertiary/aromatic N) is 4. The molecule has 8 aromatic rings. The van der Waals surface area contributed by atoms with Crippen LogP contribution in [0.3, 0.4) is 0 Å². The highest BCUT2D eigenvalue weighted by atomic mass is 16.7. The molecule has 0 unspecified atom stereocenters. The fraction of sp³-hybridized carbons (Fsp3) is 0.371. The summed E-state index contributed by atoms with van der Waals surface area (Å²) >= 11 is 0. The third-order valence-electron chi connectivity index (χ3n) is 19.9. The van der Waals surface area contributed by atoms with Gasteiger partial charge in [0.25, 0.3) is 0 Å². The lowest BCUT2D eigenvalue weighted by Gasteiger charge is -2.37. The van der Waals surface area contributed by atoms with E-state index in [2.05, 4.69) is 358 Å². The molecule has 0 aliphatic carbocycles. The Balaban J connectivity index is 0.948. The number of rotatable bonds is 12. The van der Waals surface area contributed by atoms with Crippen LogP contribution in [-0.4, -0.2) is 0 Å². The summed E-state index contributed by atoms with van der Waals surface area (Å²) in [6.07, 6.45) is 7.81. The lowest BCUT2D eigenvalue weighted by molar-refractivity contribution is 0.243. The summed E-state index contributed by atoms with van der Waals surface area (Å²) in [5.74, 6) is 2.97. The molecule has 0 aromatic heterocycles. The summed E-state index contributed by atoms with van der Waals surface area (Å²) in [4.78, 5) is 27.1. The zero-order chi connectivity index (χ0) is 73.0. The number of hydrogen-bond donors (Lipinski definition) is 4. The molecule has 4 heterocycles. The molecule has 0 saturated carbocycles. The molecule has 0 spiro atoms. The Labute approximate surface area is 602 Å². The van der Waals surface area contributed by atoms with Gasteiger partial charge in [-0.15, -0.1) is 20.7 Å². The average molecular weight is 1350 g/mol. The van der Waals surface area contributed by atoms with Crippen molar-refractivity contribution in [1.29, 1.82) is 0 Å². The van der Waals surface area contributed by atoms with Gasteiger partial charge < -0.3 is 19.4 Å². The molecule has 101 heavy (non-hydrogen) atoms. The zero-order valence-corrected chi connectivity index (χ0v) is 64.4. The molecule has 12 rings (SSSR count). The van der Waals surface area contributed by atoms with E-state index in [1.54, 1.807) is 20.7 Å². The Kier molecular flexibility index (Phi) is 17.9. The first-order valence-corrected chi connectivity index (χ1v) is 35.9. The molecule has 12 nitrogen and oxygen atoms in total. The summed E-state index contributed by atoms with van der Waals surface area (Å²) in [6, 6.07) is 62.3. The summed E-state index contributed by atoms with van der Waals surface area (Å²) in [5.41, 5.74) is 33.8. The molecule has 4 aliphatic rings. The number of hydrogen-bond acceptors (Lipinski definition) is 12. The van der Waals surface area contributed by atoms with Crippen LogP contribution in [0.5, 0.6) is 0 Å². The van der Waals surface area contributed by atoms with E-state index < -0.39 is 5.41 Å². The van der Waals surface area contributed by atoms with Crippen LogP contribution in [0.1, 0.15) is 255 Å². The van der Waals surface area contributed by atoms with Crippen LogP contribution < -0.4 is 42.4 Å². The van der Waals surface area contributed by atoms with Crippen molar-refractivity contribution < 1.29 is 19.4 Å². The number of nitrogens with one attached hydrogen (secondary N) is 4. The van der Waals surface area contributed by atoms with E-state index in [0.29, 0.717) is 0 Å². The van der Waals surface area contributed by atoms with Crippen LogP contribution >= 0.6 is 0 Å². The highest BCUT2D eigenvalue weighted by Gasteiger charge is 2.41. The van der Waals surface area contributed by atoms with Crippen LogP contribution in [0.15, 0.2) is 195 Å². The molecule has 0 amide bonds. The first kappa shape index (κ1) is 71.2. The van der Waals surface area contributed by atoms with Gasteiger partial charge in [-0.3, -0.25) is 21.7 Å². The van der Waals surface area contributed by atoms with Crippen molar-refractivity contribution >= 4 is 45.8 Å². The van der Waals surface area contributed by atoms with E-state index in [1.165, 1.54) is 44.5 Å². The van der Waals surface area contributed by atoms with Gasteiger partial charge in [-0.2, -0.15) is 0 Å². The van der Waals surface area contributed by atoms with Crippen molar-refractivity contribution in [2.75, 3.05) is 20.7 Å². The predicted octanol–water partition coefficient (Wildman–Crippen LogP) is 21.5. The summed E-state index contributed by atoms with van der Waals surface area (Å²) in [5, 5.41) is 6.99. The second-order valence-electron chi connectivity index (χ2n) is 36.2. The Morgan fingerprint density at radius 2 is 0.347 bits per heavy atom. The minimum absolute atomic E-state index is 0.0635. The van der Waals surface area contributed by atoms with E-state index >= 15 is 0 Å². The summed E-state index contributed by atoms with van der Waals surface area (Å²) < 4.78 is 0. The summed E-state index contributed by atoms with van der Waals surface area (Å²) in [6.45, 7) is 54.3. The van der Waals surface area contributed by atoms with Gasteiger partial charge in [0.15, 0.2) is 23.0 Å². The topological polar surface area (TPSA) is 98.0 Å². The van der Waals surface area contributed by atoms with Gasteiger partial charge in [0, 0.05) is 22.3 Å². The number of hydrazine groups is 4. The molecule has 528 valence electrons. The van der Waals surface area contributed by atoms with Gasteiger partial charge in [-0.1, -0.05) is 239 Å². The highest BCUT2D eigenvalue weighted by Crippen LogP contribution is 2.49. The van der Waals surface area contributed by atoms with Crippen molar-refractivity contribution in [3.8, 4) is 0 Å². The van der Waals surface area contributed by atoms with E-state index in [4.69, 9.17) is 19.4 Å². The van der Waals surface area contributed by atoms with Gasteiger partial charge in [0.2, 0.25) is 0 Å². The minimum Gasteiger partial charge on any atom is -0.357 e. The van der Waals surface area contributed by atoms with Crippen molar-refractivity contribution in [3.63, 3.8) is 0 Å². The molecule has 0 radical (unpaired) electrons. The van der Waals surface area contributed by atoms with Gasteiger partial charge >= 0.3 is 0 Å². The Hall–Kier alpha value is -9.68. The van der Waals surface area contributed by atoms with E-state index in [0.717, 1.165) is 90.3 Å². The highest BCUT2D eigenvalue weighted by molar-refractivity contribution is 5.72. The average Bonchev–Trinajstić information content (AvgIpc) is 1.15. The quantitative estimate of drug-likeness (QED) is 0.0877. The third kappa shape index (κ3) is 14.8. The van der Waals surface area contributed by atoms with Gasteiger partial charge in [0.05, 0.1) is 53.0 Å². The largest absolute Gasteiger partial charge is 0.357 e. The molecule has 8 aromatic carbocycles. The van der Waals surface area contributed by atoms with Gasteiger partial charge in [-0.05, 0) is 207 Å². The Morgan fingerprint density at radius 1 is 0.198 bits per heavy atom. The monoisotopic (exact) mass is 1350 g/mol. The maximum Gasteiger partial charge on any atom is 0.182 e. The van der Waals surface area contributed by atoms with Crippen LogP contribution in [0.25, 0.3) is 23.0 Å². The van der Waals surface area contributed by atoms with E-state index in [-0.39, 0.29) is 43.3 Å². The molecule has 0 saturated heterocycles. The Bertz CT molecular complexity index is 3830. The number of anilines is 4. The second kappa shape index (κ2) is 25.4. The summed E-state index contributed by atoms with van der Waals surface area (Å²) in [7, 11) is 0. The molecular formula is C89H108N8O4. The molecule has 0 fully saturated rings. The lowest BCUT2D eigenvalue weighted by Crippen LogP contribution is -2.33.